The van der Waals surface area contributed by atoms with Crippen molar-refractivity contribution in [1.82, 2.24) is 4.31 Å². The maximum absolute atomic E-state index is 12.7. The summed E-state index contributed by atoms with van der Waals surface area (Å²) in [6.07, 6.45) is 2.87. The molecule has 0 aromatic heterocycles. The molecule has 1 aliphatic heterocycles. The number of nitrogens with one attached hydrogen (secondary N) is 1. The van der Waals surface area contributed by atoms with Crippen LogP contribution >= 0.6 is 0 Å². The Morgan fingerprint density at radius 3 is 2.08 bits per heavy atom. The lowest BCUT2D eigenvalue weighted by Gasteiger charge is -2.23. The molecule has 0 atom stereocenters. The van der Waals surface area contributed by atoms with Gasteiger partial charge in [0, 0.05) is 24.3 Å². The van der Waals surface area contributed by atoms with Gasteiger partial charge in [0.2, 0.25) is 20.0 Å². The van der Waals surface area contributed by atoms with Crippen molar-refractivity contribution >= 4 is 37.3 Å². The molecule has 0 unspecified atom stereocenters. The van der Waals surface area contributed by atoms with Gasteiger partial charge in [0.1, 0.15) is 0 Å². The Bertz CT molecular complexity index is 1450. The summed E-state index contributed by atoms with van der Waals surface area (Å²) < 4.78 is 53.1. The third kappa shape index (κ3) is 5.77. The summed E-state index contributed by atoms with van der Waals surface area (Å²) in [4.78, 5) is 12.9. The van der Waals surface area contributed by atoms with Crippen molar-refractivity contribution in [1.29, 1.82) is 0 Å². The van der Waals surface area contributed by atoms with Crippen LogP contribution in [0.5, 0.6) is 0 Å². The maximum Gasteiger partial charge on any atom is 0.255 e. The van der Waals surface area contributed by atoms with Crippen LogP contribution in [0.3, 0.4) is 0 Å². The summed E-state index contributed by atoms with van der Waals surface area (Å²) in [5.41, 5.74) is 3.13. The number of amides is 1. The van der Waals surface area contributed by atoms with Crippen LogP contribution in [0.15, 0.2) is 77.7 Å². The number of carbonyl (C=O) groups is 1. The van der Waals surface area contributed by atoms with E-state index in [1.54, 1.807) is 36.4 Å². The fourth-order valence-corrected chi connectivity index (χ4v) is 6.51. The molecule has 1 aliphatic rings. The molecule has 1 amide bonds. The number of aryl methyl sites for hydroxylation is 1. The smallest absolute Gasteiger partial charge is 0.255 e. The zero-order valence-electron chi connectivity index (χ0n) is 20.2. The van der Waals surface area contributed by atoms with Gasteiger partial charge in [-0.1, -0.05) is 24.3 Å². The molecule has 36 heavy (non-hydrogen) atoms. The SMILES string of the molecule is Cc1ccccc1CN(c1ccc(C(=O)Nc2ccc(S(=O)(=O)N3CCCC3)cc2)cc1)S(C)(=O)=O. The Morgan fingerprint density at radius 2 is 1.50 bits per heavy atom. The second-order valence-corrected chi connectivity index (χ2v) is 12.7. The zero-order chi connectivity index (χ0) is 25.9. The van der Waals surface area contributed by atoms with E-state index < -0.39 is 20.0 Å². The molecule has 0 bridgehead atoms. The van der Waals surface area contributed by atoms with E-state index in [1.165, 1.54) is 20.7 Å². The first-order valence-electron chi connectivity index (χ1n) is 11.6. The van der Waals surface area contributed by atoms with Gasteiger partial charge in [-0.25, -0.2) is 16.8 Å². The number of nitrogens with zero attached hydrogens (tertiary/aromatic N) is 2. The van der Waals surface area contributed by atoms with E-state index in [-0.39, 0.29) is 17.3 Å². The summed E-state index contributed by atoms with van der Waals surface area (Å²) in [5, 5.41) is 2.75. The molecule has 0 radical (unpaired) electrons. The van der Waals surface area contributed by atoms with Crippen LogP contribution in [0.2, 0.25) is 0 Å². The van der Waals surface area contributed by atoms with Gasteiger partial charge in [0.15, 0.2) is 0 Å². The zero-order valence-corrected chi connectivity index (χ0v) is 21.8. The molecule has 1 heterocycles. The van der Waals surface area contributed by atoms with Crippen LogP contribution in [0, 0.1) is 6.92 Å². The van der Waals surface area contributed by atoms with Crippen molar-refractivity contribution in [3.05, 3.63) is 89.5 Å². The molecule has 1 fully saturated rings. The number of sulfonamides is 2. The van der Waals surface area contributed by atoms with E-state index in [0.717, 1.165) is 30.2 Å². The van der Waals surface area contributed by atoms with Crippen molar-refractivity contribution in [3.8, 4) is 0 Å². The summed E-state index contributed by atoms with van der Waals surface area (Å²) in [5.74, 6) is -0.387. The number of benzene rings is 3. The maximum atomic E-state index is 12.7. The van der Waals surface area contributed by atoms with Crippen LogP contribution in [0.25, 0.3) is 0 Å². The molecule has 190 valence electrons. The van der Waals surface area contributed by atoms with Crippen molar-refractivity contribution in [3.63, 3.8) is 0 Å². The van der Waals surface area contributed by atoms with E-state index >= 15 is 0 Å². The van der Waals surface area contributed by atoms with Gasteiger partial charge in [0.05, 0.1) is 23.4 Å². The monoisotopic (exact) mass is 527 g/mol. The number of carbonyl (C=O) groups excluding carboxylic acids is 1. The van der Waals surface area contributed by atoms with Crippen LogP contribution < -0.4 is 9.62 Å². The second kappa shape index (κ2) is 10.4. The Kier molecular flexibility index (Phi) is 7.49. The van der Waals surface area contributed by atoms with Crippen LogP contribution in [-0.4, -0.2) is 46.4 Å². The predicted molar refractivity (Wildman–Crippen MR) is 141 cm³/mol. The number of rotatable bonds is 8. The van der Waals surface area contributed by atoms with Gasteiger partial charge < -0.3 is 5.32 Å². The average molecular weight is 528 g/mol. The first-order valence-corrected chi connectivity index (χ1v) is 14.9. The minimum absolute atomic E-state index is 0.184. The Balaban J connectivity index is 1.47. The molecule has 8 nitrogen and oxygen atoms in total. The topological polar surface area (TPSA) is 104 Å². The third-order valence-corrected chi connectivity index (χ3v) is 9.26. The summed E-state index contributed by atoms with van der Waals surface area (Å²) in [7, 11) is -7.08. The molecule has 3 aromatic rings. The molecule has 3 aromatic carbocycles. The van der Waals surface area contributed by atoms with Gasteiger partial charge in [-0.15, -0.1) is 0 Å². The van der Waals surface area contributed by atoms with Crippen LogP contribution in [-0.2, 0) is 26.6 Å². The minimum atomic E-state index is -3.56. The fraction of sp³-hybridized carbons (Fsp3) is 0.269. The molecule has 0 saturated carbocycles. The highest BCUT2D eigenvalue weighted by Crippen LogP contribution is 2.24. The van der Waals surface area contributed by atoms with Gasteiger partial charge in [-0.3, -0.25) is 9.10 Å². The Labute approximate surface area is 212 Å². The normalized spacial score (nSPS) is 14.5. The molecule has 0 spiro atoms. The highest BCUT2D eigenvalue weighted by atomic mass is 32.2. The first-order chi connectivity index (χ1) is 17.1. The van der Waals surface area contributed by atoms with Crippen LogP contribution in [0.4, 0.5) is 11.4 Å². The number of hydrogen-bond donors (Lipinski definition) is 1. The lowest BCUT2D eigenvalue weighted by atomic mass is 10.1. The van der Waals surface area contributed by atoms with Crippen molar-refractivity contribution < 1.29 is 21.6 Å². The molecule has 1 N–H and O–H groups in total. The quantitative estimate of drug-likeness (QED) is 0.477. The summed E-state index contributed by atoms with van der Waals surface area (Å²) in [6, 6.07) is 20.0. The number of anilines is 2. The van der Waals surface area contributed by atoms with Crippen molar-refractivity contribution in [2.45, 2.75) is 31.2 Å². The van der Waals surface area contributed by atoms with Gasteiger partial charge >= 0.3 is 0 Å². The molecular formula is C26H29N3O5S2. The molecule has 10 heteroatoms. The van der Waals surface area contributed by atoms with Gasteiger partial charge in [0.25, 0.3) is 5.91 Å². The van der Waals surface area contributed by atoms with Crippen LogP contribution in [0.1, 0.15) is 34.3 Å². The standard InChI is InChI=1S/C26H29N3O5S2/c1-20-7-3-4-8-22(20)19-29(35(2,31)32)24-13-9-21(10-14-24)26(30)27-23-11-15-25(16-12-23)36(33,34)28-17-5-6-18-28/h3-4,7-16H,5-6,17-19H2,1-2H3,(H,27,30). The predicted octanol–water partition coefficient (Wildman–Crippen LogP) is 4.00. The molecule has 1 saturated heterocycles. The summed E-state index contributed by atoms with van der Waals surface area (Å²) in [6.45, 7) is 3.17. The van der Waals surface area contributed by atoms with Crippen molar-refractivity contribution in [2.24, 2.45) is 0 Å². The molecule has 0 aliphatic carbocycles. The highest BCUT2D eigenvalue weighted by Gasteiger charge is 2.27. The van der Waals surface area contributed by atoms with E-state index in [2.05, 4.69) is 5.32 Å². The fourth-order valence-electron chi connectivity index (χ4n) is 4.11. The largest absolute Gasteiger partial charge is 0.322 e. The minimum Gasteiger partial charge on any atom is -0.322 e. The second-order valence-electron chi connectivity index (χ2n) is 8.83. The number of hydrogen-bond acceptors (Lipinski definition) is 5. The Morgan fingerprint density at radius 1 is 0.889 bits per heavy atom. The summed E-state index contributed by atoms with van der Waals surface area (Å²) >= 11 is 0. The van der Waals surface area contributed by atoms with E-state index in [4.69, 9.17) is 0 Å². The molecular weight excluding hydrogens is 498 g/mol. The van der Waals surface area contributed by atoms with E-state index in [1.807, 2.05) is 31.2 Å². The lowest BCUT2D eigenvalue weighted by molar-refractivity contribution is 0.102. The average Bonchev–Trinajstić information content (AvgIpc) is 3.39. The first kappa shape index (κ1) is 25.9. The third-order valence-electron chi connectivity index (χ3n) is 6.21. The van der Waals surface area contributed by atoms with E-state index in [9.17, 15) is 21.6 Å². The van der Waals surface area contributed by atoms with E-state index in [0.29, 0.717) is 30.0 Å². The van der Waals surface area contributed by atoms with Crippen molar-refractivity contribution in [2.75, 3.05) is 29.0 Å². The van der Waals surface area contributed by atoms with Gasteiger partial charge in [-0.05, 0) is 79.4 Å². The lowest BCUT2D eigenvalue weighted by Crippen LogP contribution is -2.29. The molecule has 4 rings (SSSR count). The Hall–Kier alpha value is -3.21. The highest BCUT2D eigenvalue weighted by molar-refractivity contribution is 7.92. The van der Waals surface area contributed by atoms with Gasteiger partial charge in [-0.2, -0.15) is 4.31 Å².